The van der Waals surface area contributed by atoms with Crippen molar-refractivity contribution in [3.8, 4) is 10.4 Å². The van der Waals surface area contributed by atoms with Gasteiger partial charge in [-0.2, -0.15) is 0 Å². The summed E-state index contributed by atoms with van der Waals surface area (Å²) in [5.41, 5.74) is 2.22. The van der Waals surface area contributed by atoms with E-state index in [1.807, 2.05) is 37.3 Å². The van der Waals surface area contributed by atoms with Crippen molar-refractivity contribution in [1.82, 2.24) is 0 Å². The molecule has 2 nitrogen and oxygen atoms in total. The second-order valence-corrected chi connectivity index (χ2v) is 5.37. The Morgan fingerprint density at radius 1 is 1.38 bits per heavy atom. The van der Waals surface area contributed by atoms with E-state index in [0.717, 1.165) is 10.4 Å². The highest BCUT2D eigenvalue weighted by molar-refractivity contribution is 9.10. The van der Waals surface area contributed by atoms with Crippen LogP contribution in [0.2, 0.25) is 0 Å². The number of carbonyl (C=O) groups is 1. The Morgan fingerprint density at radius 3 is 2.69 bits per heavy atom. The van der Waals surface area contributed by atoms with Gasteiger partial charge in [-0.05, 0) is 34.5 Å². The van der Waals surface area contributed by atoms with Crippen LogP contribution >= 0.6 is 27.3 Å². The van der Waals surface area contributed by atoms with E-state index in [2.05, 4.69) is 15.9 Å². The maximum atomic E-state index is 10.9. The van der Waals surface area contributed by atoms with E-state index < -0.39 is 5.97 Å². The number of aryl methyl sites for hydroxylation is 1. The summed E-state index contributed by atoms with van der Waals surface area (Å²) < 4.78 is 0.640. The predicted molar refractivity (Wildman–Crippen MR) is 69.2 cm³/mol. The summed E-state index contributed by atoms with van der Waals surface area (Å²) >= 11 is 4.55. The lowest BCUT2D eigenvalue weighted by Gasteiger charge is -1.97. The van der Waals surface area contributed by atoms with Gasteiger partial charge in [0.15, 0.2) is 0 Å². The number of thiophene rings is 1. The third-order valence-electron chi connectivity index (χ3n) is 2.18. The molecule has 4 heteroatoms. The van der Waals surface area contributed by atoms with Crippen molar-refractivity contribution >= 4 is 33.2 Å². The molecule has 0 radical (unpaired) electrons. The number of aromatic carboxylic acids is 1. The molecular weight excluding hydrogens is 288 g/mol. The minimum atomic E-state index is -0.893. The Labute approximate surface area is 106 Å². The Kier molecular flexibility index (Phi) is 3.12. The Morgan fingerprint density at radius 2 is 2.12 bits per heavy atom. The van der Waals surface area contributed by atoms with Gasteiger partial charge >= 0.3 is 5.97 Å². The van der Waals surface area contributed by atoms with Crippen LogP contribution in [-0.4, -0.2) is 11.1 Å². The molecule has 0 aliphatic heterocycles. The molecule has 0 aliphatic rings. The van der Waals surface area contributed by atoms with Crippen LogP contribution in [0.3, 0.4) is 0 Å². The molecule has 1 N–H and O–H groups in total. The van der Waals surface area contributed by atoms with Crippen molar-refractivity contribution in [2.24, 2.45) is 0 Å². The van der Waals surface area contributed by atoms with Crippen molar-refractivity contribution < 1.29 is 9.90 Å². The molecule has 0 spiro atoms. The molecule has 0 atom stereocenters. The van der Waals surface area contributed by atoms with E-state index in [1.54, 1.807) is 0 Å². The van der Waals surface area contributed by atoms with Gasteiger partial charge in [-0.15, -0.1) is 11.3 Å². The van der Waals surface area contributed by atoms with Gasteiger partial charge in [-0.1, -0.05) is 29.8 Å². The first-order valence-electron chi connectivity index (χ1n) is 4.67. The molecule has 16 heavy (non-hydrogen) atoms. The highest BCUT2D eigenvalue weighted by Gasteiger charge is 2.14. The first kappa shape index (κ1) is 11.4. The molecule has 0 unspecified atom stereocenters. The van der Waals surface area contributed by atoms with Gasteiger partial charge < -0.3 is 5.11 Å². The van der Waals surface area contributed by atoms with Crippen LogP contribution in [0.4, 0.5) is 0 Å². The van der Waals surface area contributed by atoms with Crippen LogP contribution in [-0.2, 0) is 0 Å². The Hall–Kier alpha value is -1.13. The normalized spacial score (nSPS) is 10.4. The molecule has 0 saturated heterocycles. The van der Waals surface area contributed by atoms with Gasteiger partial charge in [0.25, 0.3) is 0 Å². The number of carboxylic acid groups (broad SMARTS) is 1. The quantitative estimate of drug-likeness (QED) is 0.902. The lowest BCUT2D eigenvalue weighted by atomic mass is 10.1. The maximum Gasteiger partial charge on any atom is 0.347 e. The number of carboxylic acids is 1. The van der Waals surface area contributed by atoms with E-state index in [0.29, 0.717) is 9.35 Å². The first-order chi connectivity index (χ1) is 7.58. The standard InChI is InChI=1S/C12H9BrO2S/c1-7-3-2-4-8(5-7)10-6-9(13)11(16-10)12(14)15/h2-6H,1H3,(H,14,15). The summed E-state index contributed by atoms with van der Waals surface area (Å²) in [6.07, 6.45) is 0. The lowest BCUT2D eigenvalue weighted by molar-refractivity contribution is 0.0701. The highest BCUT2D eigenvalue weighted by Crippen LogP contribution is 2.34. The number of benzene rings is 1. The van der Waals surface area contributed by atoms with Crippen LogP contribution in [0.15, 0.2) is 34.8 Å². The molecule has 0 fully saturated rings. The molecule has 1 heterocycles. The maximum absolute atomic E-state index is 10.9. The number of rotatable bonds is 2. The van der Waals surface area contributed by atoms with Crippen LogP contribution in [0.25, 0.3) is 10.4 Å². The third kappa shape index (κ3) is 2.18. The number of hydrogen-bond donors (Lipinski definition) is 1. The summed E-state index contributed by atoms with van der Waals surface area (Å²) in [6.45, 7) is 2.02. The number of halogens is 1. The molecule has 0 aliphatic carbocycles. The fourth-order valence-electron chi connectivity index (χ4n) is 1.46. The summed E-state index contributed by atoms with van der Waals surface area (Å²) in [6, 6.07) is 9.87. The fraction of sp³-hybridized carbons (Fsp3) is 0.0833. The molecular formula is C12H9BrO2S. The minimum absolute atomic E-state index is 0.344. The fourth-order valence-corrected chi connectivity index (χ4v) is 3.13. The molecule has 2 aromatic rings. The average molecular weight is 297 g/mol. The van der Waals surface area contributed by atoms with Crippen LogP contribution < -0.4 is 0 Å². The molecule has 0 amide bonds. The third-order valence-corrected chi connectivity index (χ3v) is 4.24. The zero-order valence-corrected chi connectivity index (χ0v) is 10.9. The summed E-state index contributed by atoms with van der Waals surface area (Å²) in [4.78, 5) is 12.2. The van der Waals surface area contributed by atoms with E-state index >= 15 is 0 Å². The van der Waals surface area contributed by atoms with Gasteiger partial charge in [0.2, 0.25) is 0 Å². The zero-order chi connectivity index (χ0) is 11.7. The molecule has 82 valence electrons. The van der Waals surface area contributed by atoms with E-state index in [1.165, 1.54) is 16.9 Å². The van der Waals surface area contributed by atoms with Crippen molar-refractivity contribution in [3.63, 3.8) is 0 Å². The Balaban J connectivity index is 2.49. The molecule has 0 bridgehead atoms. The lowest BCUT2D eigenvalue weighted by Crippen LogP contribution is -1.91. The van der Waals surface area contributed by atoms with Gasteiger partial charge in [-0.3, -0.25) is 0 Å². The van der Waals surface area contributed by atoms with Gasteiger partial charge in [-0.25, -0.2) is 4.79 Å². The first-order valence-corrected chi connectivity index (χ1v) is 6.28. The summed E-state index contributed by atoms with van der Waals surface area (Å²) in [5, 5.41) is 8.96. The largest absolute Gasteiger partial charge is 0.477 e. The predicted octanol–water partition coefficient (Wildman–Crippen LogP) is 4.18. The molecule has 1 aromatic heterocycles. The Bertz CT molecular complexity index is 546. The van der Waals surface area contributed by atoms with E-state index in [9.17, 15) is 4.79 Å². The van der Waals surface area contributed by atoms with Crippen molar-refractivity contribution in [2.75, 3.05) is 0 Å². The van der Waals surface area contributed by atoms with Crippen molar-refractivity contribution in [2.45, 2.75) is 6.92 Å². The SMILES string of the molecule is Cc1cccc(-c2cc(Br)c(C(=O)O)s2)c1. The van der Waals surface area contributed by atoms with Crippen LogP contribution in [0.5, 0.6) is 0 Å². The molecule has 2 rings (SSSR count). The average Bonchev–Trinajstić information content (AvgIpc) is 2.60. The minimum Gasteiger partial charge on any atom is -0.477 e. The second kappa shape index (κ2) is 4.39. The summed E-state index contributed by atoms with van der Waals surface area (Å²) in [5.74, 6) is -0.893. The van der Waals surface area contributed by atoms with Gasteiger partial charge in [0.05, 0.1) is 0 Å². The monoisotopic (exact) mass is 296 g/mol. The molecule has 1 aromatic carbocycles. The van der Waals surface area contributed by atoms with Crippen molar-refractivity contribution in [3.05, 3.63) is 45.2 Å². The van der Waals surface area contributed by atoms with Gasteiger partial charge in [0, 0.05) is 9.35 Å². The topological polar surface area (TPSA) is 37.3 Å². The van der Waals surface area contributed by atoms with Crippen LogP contribution in [0.1, 0.15) is 15.2 Å². The van der Waals surface area contributed by atoms with E-state index in [-0.39, 0.29) is 0 Å². The van der Waals surface area contributed by atoms with Crippen LogP contribution in [0, 0.1) is 6.92 Å². The summed E-state index contributed by atoms with van der Waals surface area (Å²) in [7, 11) is 0. The molecule has 0 saturated carbocycles. The van der Waals surface area contributed by atoms with Gasteiger partial charge in [0.1, 0.15) is 4.88 Å². The second-order valence-electron chi connectivity index (χ2n) is 3.46. The van der Waals surface area contributed by atoms with Crippen molar-refractivity contribution in [1.29, 1.82) is 0 Å². The highest BCUT2D eigenvalue weighted by atomic mass is 79.9. The zero-order valence-electron chi connectivity index (χ0n) is 8.53. The number of hydrogen-bond acceptors (Lipinski definition) is 2. The van der Waals surface area contributed by atoms with E-state index in [4.69, 9.17) is 5.11 Å². The smallest absolute Gasteiger partial charge is 0.347 e.